The number of carbonyl (C=O) groups is 4. The zero-order valence-corrected chi connectivity index (χ0v) is 14.8. The van der Waals surface area contributed by atoms with Crippen LogP contribution in [-0.2, 0) is 14.4 Å². The van der Waals surface area contributed by atoms with Crippen molar-refractivity contribution in [2.24, 2.45) is 11.7 Å². The van der Waals surface area contributed by atoms with Crippen LogP contribution in [0.2, 0.25) is 0 Å². The van der Waals surface area contributed by atoms with E-state index in [1.165, 1.54) is 16.0 Å². The van der Waals surface area contributed by atoms with Crippen molar-refractivity contribution in [3.8, 4) is 0 Å². The highest BCUT2D eigenvalue weighted by molar-refractivity contribution is 6.18. The molecule has 3 fully saturated rings. The molecule has 8 heteroatoms. The van der Waals surface area contributed by atoms with Crippen LogP contribution in [0.15, 0.2) is 24.4 Å². The zero-order chi connectivity index (χ0) is 19.2. The highest BCUT2D eigenvalue weighted by atomic mass is 16.2. The van der Waals surface area contributed by atoms with Crippen molar-refractivity contribution in [3.63, 3.8) is 0 Å². The molecule has 1 radical (unpaired) electrons. The Morgan fingerprint density at radius 2 is 2.04 bits per heavy atom. The Labute approximate surface area is 156 Å². The predicted molar refractivity (Wildman–Crippen MR) is 94.0 cm³/mol. The first-order valence-electron chi connectivity index (χ1n) is 9.16. The summed E-state index contributed by atoms with van der Waals surface area (Å²) in [5.41, 5.74) is 4.05. The molecule has 2 aliphatic heterocycles. The van der Waals surface area contributed by atoms with Crippen LogP contribution in [0.4, 0.5) is 0 Å². The van der Waals surface area contributed by atoms with Gasteiger partial charge in [0.1, 0.15) is 5.69 Å². The summed E-state index contributed by atoms with van der Waals surface area (Å²) in [6.07, 6.45) is 6.19. The Morgan fingerprint density at radius 3 is 2.67 bits per heavy atom. The summed E-state index contributed by atoms with van der Waals surface area (Å²) in [5, 5.41) is 0. The molecule has 3 amide bonds. The number of fused-ring (bicyclic) bond motifs is 1. The van der Waals surface area contributed by atoms with E-state index in [1.807, 2.05) is 0 Å². The van der Waals surface area contributed by atoms with Crippen LogP contribution < -0.4 is 5.73 Å². The number of nitrogens with zero attached hydrogens (tertiary/aromatic N) is 3. The molecule has 1 aromatic rings. The number of hydrogen-bond donors (Lipinski definition) is 1. The van der Waals surface area contributed by atoms with Crippen molar-refractivity contribution in [3.05, 3.63) is 36.5 Å². The van der Waals surface area contributed by atoms with Crippen molar-refractivity contribution in [1.29, 1.82) is 0 Å². The van der Waals surface area contributed by atoms with Crippen LogP contribution in [-0.4, -0.2) is 63.0 Å². The average molecular weight is 369 g/mol. The number of nitrogens with two attached hydrogens (primary N) is 1. The van der Waals surface area contributed by atoms with Gasteiger partial charge in [-0.05, 0) is 30.9 Å². The minimum Gasteiger partial charge on any atom is -0.367 e. The van der Waals surface area contributed by atoms with E-state index in [-0.39, 0.29) is 24.7 Å². The molecule has 1 aromatic heterocycles. The van der Waals surface area contributed by atoms with Gasteiger partial charge < -0.3 is 15.5 Å². The number of amides is 3. The van der Waals surface area contributed by atoms with Crippen LogP contribution in [0.25, 0.3) is 0 Å². The van der Waals surface area contributed by atoms with E-state index in [4.69, 9.17) is 5.73 Å². The molecule has 0 spiro atoms. The van der Waals surface area contributed by atoms with Crippen LogP contribution >= 0.6 is 0 Å². The smallest absolute Gasteiger partial charge is 0.273 e. The maximum absolute atomic E-state index is 12.9. The van der Waals surface area contributed by atoms with E-state index in [9.17, 15) is 19.2 Å². The third-order valence-electron chi connectivity index (χ3n) is 5.76. The second-order valence-corrected chi connectivity index (χ2v) is 7.38. The lowest BCUT2D eigenvalue weighted by atomic mass is 9.88. The van der Waals surface area contributed by atoms with Crippen LogP contribution in [0, 0.1) is 12.3 Å². The third-order valence-corrected chi connectivity index (χ3v) is 5.76. The predicted octanol–water partition coefficient (Wildman–Crippen LogP) is -0.0641. The Kier molecular flexibility index (Phi) is 4.20. The molecule has 2 N–H and O–H groups in total. The van der Waals surface area contributed by atoms with E-state index in [2.05, 4.69) is 4.98 Å². The standard InChI is InChI=1S/C19H21N4O4/c20-18(27)19-14(8-10-23(19)16(25)7-6-12-4-5-12)22(11-15(19)24)17(26)13-3-1-2-9-21-13/h1-3,7,9,12,14H,4-6,8,10-11H2,(H2,20,27). The van der Waals surface area contributed by atoms with Gasteiger partial charge in [0.05, 0.1) is 19.0 Å². The number of hydrogen-bond acceptors (Lipinski definition) is 5. The zero-order valence-electron chi connectivity index (χ0n) is 14.8. The molecule has 2 unspecified atom stereocenters. The highest BCUT2D eigenvalue weighted by Gasteiger charge is 2.67. The topological polar surface area (TPSA) is 114 Å². The highest BCUT2D eigenvalue weighted by Crippen LogP contribution is 2.41. The van der Waals surface area contributed by atoms with Crippen molar-refractivity contribution in [2.45, 2.75) is 37.3 Å². The summed E-state index contributed by atoms with van der Waals surface area (Å²) < 4.78 is 0. The summed E-state index contributed by atoms with van der Waals surface area (Å²) in [4.78, 5) is 57.5. The fourth-order valence-corrected chi connectivity index (χ4v) is 4.22. The lowest BCUT2D eigenvalue weighted by Crippen LogP contribution is -2.64. The van der Waals surface area contributed by atoms with Crippen molar-refractivity contribution in [1.82, 2.24) is 14.8 Å². The molecule has 8 nitrogen and oxygen atoms in total. The molecule has 0 aromatic carbocycles. The number of Topliss-reactive ketones (excluding diaryl/α,β-unsaturated/α-hetero) is 1. The van der Waals surface area contributed by atoms with Gasteiger partial charge in [0, 0.05) is 12.7 Å². The van der Waals surface area contributed by atoms with Crippen molar-refractivity contribution < 1.29 is 19.2 Å². The number of pyridine rings is 1. The normalized spacial score (nSPS) is 27.0. The summed E-state index contributed by atoms with van der Waals surface area (Å²) in [6.45, 7) is -0.0409. The first-order valence-corrected chi connectivity index (χ1v) is 9.16. The minimum atomic E-state index is -1.78. The maximum atomic E-state index is 12.9. The average Bonchev–Trinajstić information content (AvgIpc) is 3.33. The molecule has 141 valence electrons. The molecule has 27 heavy (non-hydrogen) atoms. The lowest BCUT2D eigenvalue weighted by molar-refractivity contribution is -0.147. The summed E-state index contributed by atoms with van der Waals surface area (Å²) in [6, 6.07) is 4.16. The Bertz CT molecular complexity index is 807. The molecule has 1 aliphatic carbocycles. The second-order valence-electron chi connectivity index (χ2n) is 7.38. The second kappa shape index (κ2) is 6.44. The molecular weight excluding hydrogens is 348 g/mol. The number of ketones is 1. The molecule has 3 aliphatic rings. The van der Waals surface area contributed by atoms with Gasteiger partial charge in [-0.1, -0.05) is 18.9 Å². The number of rotatable bonds is 5. The Balaban J connectivity index is 1.62. The third kappa shape index (κ3) is 2.70. The molecular formula is C19H21N4O4. The fraction of sp³-hybridized carbons (Fsp3) is 0.474. The van der Waals surface area contributed by atoms with Gasteiger partial charge in [0.25, 0.3) is 11.8 Å². The van der Waals surface area contributed by atoms with Gasteiger partial charge in [0.15, 0.2) is 5.78 Å². The van der Waals surface area contributed by atoms with E-state index in [0.717, 1.165) is 12.8 Å². The maximum Gasteiger partial charge on any atom is 0.273 e. The number of carbonyl (C=O) groups excluding carboxylic acids is 4. The van der Waals surface area contributed by atoms with Gasteiger partial charge in [-0.3, -0.25) is 24.2 Å². The number of likely N-dealkylation sites (tertiary alicyclic amines) is 2. The summed E-state index contributed by atoms with van der Waals surface area (Å²) >= 11 is 0. The minimum absolute atomic E-state index is 0.190. The Hall–Kier alpha value is -2.77. The molecule has 2 saturated heterocycles. The first-order chi connectivity index (χ1) is 13.0. The van der Waals surface area contributed by atoms with E-state index in [0.29, 0.717) is 18.8 Å². The Morgan fingerprint density at radius 1 is 1.26 bits per heavy atom. The first kappa shape index (κ1) is 17.6. The monoisotopic (exact) mass is 369 g/mol. The fourth-order valence-electron chi connectivity index (χ4n) is 4.22. The molecule has 3 heterocycles. The molecule has 4 rings (SSSR count). The van der Waals surface area contributed by atoms with Crippen LogP contribution in [0.3, 0.4) is 0 Å². The van der Waals surface area contributed by atoms with Gasteiger partial charge in [-0.2, -0.15) is 0 Å². The van der Waals surface area contributed by atoms with Crippen molar-refractivity contribution in [2.75, 3.05) is 13.1 Å². The van der Waals surface area contributed by atoms with Gasteiger partial charge in [-0.15, -0.1) is 0 Å². The summed E-state index contributed by atoms with van der Waals surface area (Å²) in [7, 11) is 0. The quantitative estimate of drug-likeness (QED) is 0.730. The van der Waals surface area contributed by atoms with Crippen LogP contribution in [0.1, 0.15) is 36.2 Å². The van der Waals surface area contributed by atoms with Crippen LogP contribution in [0.5, 0.6) is 0 Å². The van der Waals surface area contributed by atoms with Gasteiger partial charge in [0.2, 0.25) is 11.4 Å². The van der Waals surface area contributed by atoms with E-state index < -0.39 is 29.2 Å². The lowest BCUT2D eigenvalue weighted by Gasteiger charge is -2.34. The van der Waals surface area contributed by atoms with Gasteiger partial charge >= 0.3 is 0 Å². The molecule has 2 atom stereocenters. The molecule has 1 saturated carbocycles. The van der Waals surface area contributed by atoms with E-state index >= 15 is 0 Å². The SMILES string of the molecule is NC(=O)C12C(=O)CN(C(=O)c3ccccn3)C1CCN2C(=O)[CH]CC1CC1. The number of primary amides is 1. The van der Waals surface area contributed by atoms with Crippen molar-refractivity contribution >= 4 is 23.5 Å². The van der Waals surface area contributed by atoms with E-state index in [1.54, 1.807) is 24.6 Å². The molecule has 0 bridgehead atoms. The number of aromatic nitrogens is 1. The largest absolute Gasteiger partial charge is 0.367 e. The summed E-state index contributed by atoms with van der Waals surface area (Å²) in [5.74, 6) is -1.66. The van der Waals surface area contributed by atoms with Gasteiger partial charge in [-0.25, -0.2) is 0 Å².